The predicted octanol–water partition coefficient (Wildman–Crippen LogP) is 1.96. The van der Waals surface area contributed by atoms with Gasteiger partial charge in [0.15, 0.2) is 11.9 Å². The van der Waals surface area contributed by atoms with E-state index in [1.54, 1.807) is 19.2 Å². The molecule has 0 spiro atoms. The molecule has 0 saturated carbocycles. The van der Waals surface area contributed by atoms with Gasteiger partial charge in [-0.05, 0) is 25.8 Å². The third-order valence-corrected chi connectivity index (χ3v) is 7.86. The minimum atomic E-state index is -4.12. The molecular formula is C27H30F2N8O5S. The Morgan fingerprint density at radius 2 is 2.02 bits per heavy atom. The second-order valence-corrected chi connectivity index (χ2v) is 11.9. The van der Waals surface area contributed by atoms with Gasteiger partial charge in [-0.3, -0.25) is 19.1 Å². The van der Waals surface area contributed by atoms with Gasteiger partial charge in [-0.25, -0.2) is 13.3 Å². The maximum Gasteiger partial charge on any atom is 0.265 e. The zero-order chi connectivity index (χ0) is 30.7. The number of nitriles is 1. The molecule has 5 rings (SSSR count). The summed E-state index contributed by atoms with van der Waals surface area (Å²) >= 11 is 0. The average molecular weight is 617 g/mol. The van der Waals surface area contributed by atoms with Crippen molar-refractivity contribution in [2.75, 3.05) is 39.2 Å². The van der Waals surface area contributed by atoms with Crippen LogP contribution in [0.5, 0.6) is 5.75 Å². The van der Waals surface area contributed by atoms with E-state index in [0.717, 1.165) is 51.6 Å². The van der Waals surface area contributed by atoms with Gasteiger partial charge in [0.25, 0.3) is 10.1 Å². The number of hydrogen-bond acceptors (Lipinski definition) is 12. The number of aromatic nitrogens is 3. The van der Waals surface area contributed by atoms with Gasteiger partial charge in [0.05, 0.1) is 49.7 Å². The molecule has 228 valence electrons. The number of rotatable bonds is 10. The summed E-state index contributed by atoms with van der Waals surface area (Å²) < 4.78 is 69.6. The Labute approximate surface area is 246 Å². The Hall–Kier alpha value is -4.04. The van der Waals surface area contributed by atoms with Crippen molar-refractivity contribution in [3.05, 3.63) is 59.2 Å². The van der Waals surface area contributed by atoms with Gasteiger partial charge in [-0.15, -0.1) is 0 Å². The molecule has 0 radical (unpaired) electrons. The average Bonchev–Trinajstić information content (AvgIpc) is 3.34. The molecule has 16 heteroatoms. The lowest BCUT2D eigenvalue weighted by Crippen LogP contribution is -2.52. The van der Waals surface area contributed by atoms with E-state index in [4.69, 9.17) is 24.5 Å². The number of hydrazone groups is 1. The summed E-state index contributed by atoms with van der Waals surface area (Å²) in [5.74, 6) is 3.84. The Morgan fingerprint density at radius 3 is 2.63 bits per heavy atom. The number of likely N-dealkylation sites (tertiary alicyclic amines) is 1. The predicted molar refractivity (Wildman–Crippen MR) is 151 cm³/mol. The van der Waals surface area contributed by atoms with Gasteiger partial charge in [-0.1, -0.05) is 0 Å². The molecule has 2 aliphatic rings. The number of hydrogen-bond donors (Lipinski definition) is 1. The van der Waals surface area contributed by atoms with E-state index in [2.05, 4.69) is 20.1 Å². The molecule has 2 N–H and O–H groups in total. The topological polar surface area (TPSA) is 170 Å². The molecule has 43 heavy (non-hydrogen) atoms. The van der Waals surface area contributed by atoms with E-state index >= 15 is 0 Å². The highest BCUT2D eigenvalue weighted by molar-refractivity contribution is 7.86. The van der Waals surface area contributed by atoms with Crippen LogP contribution in [0, 0.1) is 23.0 Å². The number of piperidine rings is 1. The van der Waals surface area contributed by atoms with Gasteiger partial charge < -0.3 is 15.3 Å². The lowest BCUT2D eigenvalue weighted by atomic mass is 10.0. The molecule has 2 saturated heterocycles. The van der Waals surface area contributed by atoms with Crippen LogP contribution in [0.3, 0.4) is 0 Å². The van der Waals surface area contributed by atoms with Crippen molar-refractivity contribution in [2.24, 2.45) is 15.9 Å². The molecule has 0 aliphatic carbocycles. The van der Waals surface area contributed by atoms with Crippen LogP contribution in [0.2, 0.25) is 0 Å². The third-order valence-electron chi connectivity index (χ3n) is 7.28. The lowest BCUT2D eigenvalue weighted by molar-refractivity contribution is -0.0709. The Morgan fingerprint density at radius 1 is 1.28 bits per heavy atom. The van der Waals surface area contributed by atoms with E-state index in [1.807, 2.05) is 6.07 Å². The molecule has 5 heterocycles. The summed E-state index contributed by atoms with van der Waals surface area (Å²) in [6.07, 6.45) is 4.63. The van der Waals surface area contributed by atoms with Crippen LogP contribution in [0.15, 0.2) is 40.8 Å². The zero-order valence-electron chi connectivity index (χ0n) is 23.5. The van der Waals surface area contributed by atoms with Gasteiger partial charge >= 0.3 is 0 Å². The number of nitrogens with two attached hydrogens (primary N) is 1. The molecule has 0 amide bonds. The number of halogens is 2. The van der Waals surface area contributed by atoms with E-state index in [-0.39, 0.29) is 22.9 Å². The van der Waals surface area contributed by atoms with Crippen LogP contribution in [0.4, 0.5) is 8.78 Å². The van der Waals surface area contributed by atoms with Crippen LogP contribution < -0.4 is 10.6 Å². The highest BCUT2D eigenvalue weighted by atomic mass is 32.2. The Bertz CT molecular complexity index is 1710. The first kappa shape index (κ1) is 30.4. The van der Waals surface area contributed by atoms with E-state index in [0.29, 0.717) is 29.1 Å². The fraction of sp³-hybridized carbons (Fsp3) is 0.444. The Kier molecular flexibility index (Phi) is 8.97. The summed E-state index contributed by atoms with van der Waals surface area (Å²) in [6.45, 7) is 4.59. The molecule has 2 fully saturated rings. The van der Waals surface area contributed by atoms with Crippen molar-refractivity contribution in [1.29, 1.82) is 5.26 Å². The fourth-order valence-corrected chi connectivity index (χ4v) is 5.69. The first-order valence-electron chi connectivity index (χ1n) is 13.4. The van der Waals surface area contributed by atoms with Gasteiger partial charge in [-0.2, -0.15) is 23.9 Å². The smallest absolute Gasteiger partial charge is 0.265 e. The van der Waals surface area contributed by atoms with Crippen molar-refractivity contribution < 1.29 is 30.9 Å². The summed E-state index contributed by atoms with van der Waals surface area (Å²) in [5.41, 5.74) is 1.34. The lowest BCUT2D eigenvalue weighted by Gasteiger charge is -2.40. The second-order valence-electron chi connectivity index (χ2n) is 10.3. The highest BCUT2D eigenvalue weighted by Gasteiger charge is 2.30. The first-order valence-corrected chi connectivity index (χ1v) is 15.3. The van der Waals surface area contributed by atoms with E-state index in [1.165, 1.54) is 10.7 Å². The molecule has 3 aromatic rings. The van der Waals surface area contributed by atoms with E-state index in [9.17, 15) is 22.5 Å². The molecule has 2 aliphatic heterocycles. The van der Waals surface area contributed by atoms with Gasteiger partial charge in [0.1, 0.15) is 46.7 Å². The number of nitrogens with zero attached hydrogens (tertiary/aromatic N) is 7. The third kappa shape index (κ3) is 6.96. The molecular weight excluding hydrogens is 586 g/mol. The first-order chi connectivity index (χ1) is 20.6. The van der Waals surface area contributed by atoms with Crippen molar-refractivity contribution in [2.45, 2.75) is 38.0 Å². The minimum absolute atomic E-state index is 0.0790. The molecule has 3 aromatic heterocycles. The van der Waals surface area contributed by atoms with Crippen LogP contribution in [0.1, 0.15) is 42.7 Å². The summed E-state index contributed by atoms with van der Waals surface area (Å²) in [5, 5.41) is 17.9. The number of fused-ring (bicyclic) bond motifs is 1. The molecule has 1 atom stereocenters. The number of aliphatic imine (C=N–C) groups is 1. The van der Waals surface area contributed by atoms with Crippen LogP contribution in [0.25, 0.3) is 5.52 Å². The van der Waals surface area contributed by atoms with Gasteiger partial charge in [0.2, 0.25) is 0 Å². The van der Waals surface area contributed by atoms with Crippen molar-refractivity contribution in [1.82, 2.24) is 19.5 Å². The second kappa shape index (κ2) is 12.7. The van der Waals surface area contributed by atoms with Gasteiger partial charge in [0, 0.05) is 30.9 Å². The van der Waals surface area contributed by atoms with Crippen LogP contribution in [-0.4, -0.2) is 90.6 Å². The van der Waals surface area contributed by atoms with Crippen LogP contribution >= 0.6 is 0 Å². The maximum absolute atomic E-state index is 14.6. The maximum atomic E-state index is 14.6. The zero-order valence-corrected chi connectivity index (χ0v) is 24.3. The Balaban J connectivity index is 1.43. The minimum Gasteiger partial charge on any atom is -0.488 e. The summed E-state index contributed by atoms with van der Waals surface area (Å²) in [4.78, 5) is 11.0. The fourth-order valence-electron chi connectivity index (χ4n) is 5.12. The van der Waals surface area contributed by atoms with E-state index < -0.39 is 40.2 Å². The molecule has 0 aromatic carbocycles. The molecule has 13 nitrogen and oxygen atoms in total. The number of pyridine rings is 2. The molecule has 0 bridgehead atoms. The normalized spacial score (nSPS) is 18.4. The largest absolute Gasteiger partial charge is 0.488 e. The number of ether oxygens (including phenoxy) is 2. The monoisotopic (exact) mass is 616 g/mol. The standard InChI is InChI=1S/C27H30F2N8O5S/c1-16(34-20-3-5-36(6-4-20)21-13-40-14-21)25(35-31)17-7-23(27-18(9-30)10-33-37(27)12-17)41-15-24(42-43(2,38)39)26-22(29)8-19(28)11-32-26/h7-8,10-12,20-21,24H,3-6,13-15,31H2,1-2H3/b34-16?,35-25+. The summed E-state index contributed by atoms with van der Waals surface area (Å²) in [7, 11) is -4.12. The highest BCUT2D eigenvalue weighted by Crippen LogP contribution is 2.29. The quantitative estimate of drug-likeness (QED) is 0.154. The van der Waals surface area contributed by atoms with Crippen molar-refractivity contribution in [3.63, 3.8) is 0 Å². The molecule has 1 unspecified atom stereocenters. The SMILES string of the molecule is CC(=NC1CCN(C2COC2)CC1)/C(=N\N)c1cc(OCC(OS(C)(=O)=O)c2ncc(F)cc2F)c2c(C#N)cnn2c1. The summed E-state index contributed by atoms with van der Waals surface area (Å²) in [6, 6.07) is 4.69. The van der Waals surface area contributed by atoms with Crippen molar-refractivity contribution in [3.8, 4) is 11.8 Å². The van der Waals surface area contributed by atoms with Crippen molar-refractivity contribution >= 4 is 27.1 Å². The van der Waals surface area contributed by atoms with Crippen LogP contribution in [-0.2, 0) is 19.0 Å².